The number of nitrogens with zero attached hydrogens (tertiary/aromatic N) is 1. The molecule has 1 saturated heterocycles. The quantitative estimate of drug-likeness (QED) is 0.308. The van der Waals surface area contributed by atoms with Crippen molar-refractivity contribution in [3.63, 3.8) is 0 Å². The van der Waals surface area contributed by atoms with Crippen LogP contribution in [-0.2, 0) is 18.1 Å². The maximum Gasteiger partial charge on any atom is 0.475 e. The van der Waals surface area contributed by atoms with Crippen LogP contribution in [0.5, 0.6) is 0 Å². The van der Waals surface area contributed by atoms with Crippen molar-refractivity contribution < 1.29 is 28.3 Å². The van der Waals surface area contributed by atoms with Gasteiger partial charge in [0.15, 0.2) is 0 Å². The molecule has 0 amide bonds. The van der Waals surface area contributed by atoms with Crippen molar-refractivity contribution in [1.82, 2.24) is 4.98 Å². The van der Waals surface area contributed by atoms with Gasteiger partial charge < -0.3 is 10.2 Å². The molecule has 5 fully saturated rings. The highest BCUT2D eigenvalue weighted by Crippen LogP contribution is 2.69. The standard InChI is InChI=1S/C34H54NO6P/c1-6-25-29-20-24(36)9-14-34(29,5)28-10-15-33(4)26(7-8-27(33)31(28)32(25)37)21(2)13-18-39-42(38)40-22(3)19-30(41-42)23-11-16-35-17-12-23/h11-12,16-17,21-22,24-32,36-37H,6-10,13-15,18-20H2,1-5H3/t21-,22?,24-,25-,26-,27?,28?,29?,30-,31?,32-,33-,34-,42-/m1/s1. The van der Waals surface area contributed by atoms with Crippen molar-refractivity contribution in [1.29, 1.82) is 0 Å². The van der Waals surface area contributed by atoms with Gasteiger partial charge in [0.1, 0.15) is 0 Å². The Morgan fingerprint density at radius 3 is 2.48 bits per heavy atom. The van der Waals surface area contributed by atoms with Crippen LogP contribution in [0.2, 0.25) is 0 Å². The van der Waals surface area contributed by atoms with E-state index in [1.165, 1.54) is 25.7 Å². The van der Waals surface area contributed by atoms with Gasteiger partial charge in [-0.25, -0.2) is 4.57 Å². The minimum atomic E-state index is -3.66. The number of rotatable bonds is 7. The van der Waals surface area contributed by atoms with E-state index in [4.69, 9.17) is 13.6 Å². The van der Waals surface area contributed by atoms with Gasteiger partial charge in [-0.1, -0.05) is 34.1 Å². The summed E-state index contributed by atoms with van der Waals surface area (Å²) < 4.78 is 31.1. The third kappa shape index (κ3) is 5.36. The number of pyridine rings is 1. The molecule has 1 aromatic heterocycles. The third-order valence-electron chi connectivity index (χ3n) is 13.2. The Balaban J connectivity index is 1.12. The van der Waals surface area contributed by atoms with E-state index in [-0.39, 0.29) is 41.2 Å². The lowest BCUT2D eigenvalue weighted by Gasteiger charge is -2.64. The highest BCUT2D eigenvalue weighted by molar-refractivity contribution is 7.48. The number of aliphatic hydroxyl groups excluding tert-OH is 2. The van der Waals surface area contributed by atoms with Crippen LogP contribution in [0.15, 0.2) is 24.5 Å². The first-order chi connectivity index (χ1) is 20.0. The highest BCUT2D eigenvalue weighted by atomic mass is 31.2. The van der Waals surface area contributed by atoms with E-state index in [9.17, 15) is 14.8 Å². The monoisotopic (exact) mass is 603 g/mol. The summed E-state index contributed by atoms with van der Waals surface area (Å²) in [4.78, 5) is 4.08. The zero-order valence-electron chi connectivity index (χ0n) is 26.4. The maximum atomic E-state index is 13.5. The molecule has 4 aliphatic carbocycles. The van der Waals surface area contributed by atoms with E-state index < -0.39 is 7.82 Å². The molecule has 0 bridgehead atoms. The van der Waals surface area contributed by atoms with E-state index in [0.29, 0.717) is 48.5 Å². The summed E-state index contributed by atoms with van der Waals surface area (Å²) in [6.45, 7) is 11.9. The fraction of sp³-hybridized carbons (Fsp3) is 0.853. The lowest BCUT2D eigenvalue weighted by molar-refractivity contribution is -0.203. The van der Waals surface area contributed by atoms with E-state index in [1.54, 1.807) is 12.4 Å². The zero-order valence-corrected chi connectivity index (χ0v) is 27.3. The average Bonchev–Trinajstić information content (AvgIpc) is 3.31. The van der Waals surface area contributed by atoms with Crippen LogP contribution in [0.3, 0.4) is 0 Å². The Morgan fingerprint density at radius 2 is 1.74 bits per heavy atom. The van der Waals surface area contributed by atoms with Crippen molar-refractivity contribution in [2.24, 2.45) is 52.3 Å². The van der Waals surface area contributed by atoms with Gasteiger partial charge in [0, 0.05) is 18.8 Å². The van der Waals surface area contributed by atoms with Crippen molar-refractivity contribution in [2.75, 3.05) is 6.61 Å². The summed E-state index contributed by atoms with van der Waals surface area (Å²) >= 11 is 0. The summed E-state index contributed by atoms with van der Waals surface area (Å²) in [6, 6.07) is 3.79. The van der Waals surface area contributed by atoms with Crippen LogP contribution in [-0.4, -0.2) is 40.1 Å². The molecule has 5 unspecified atom stereocenters. The molecule has 1 aliphatic heterocycles. The third-order valence-corrected chi connectivity index (χ3v) is 14.8. The Morgan fingerprint density at radius 1 is 1.02 bits per heavy atom. The molecule has 5 aliphatic rings. The Hall–Kier alpha value is -0.820. The van der Waals surface area contributed by atoms with Crippen LogP contribution in [0.1, 0.15) is 110 Å². The van der Waals surface area contributed by atoms with Crippen molar-refractivity contribution in [3.05, 3.63) is 30.1 Å². The normalized spacial score (nSPS) is 49.5. The molecule has 14 atom stereocenters. The molecule has 0 radical (unpaired) electrons. The number of hydrogen-bond acceptors (Lipinski definition) is 7. The van der Waals surface area contributed by atoms with E-state index >= 15 is 0 Å². The van der Waals surface area contributed by atoms with Gasteiger partial charge in [-0.05, 0) is 128 Å². The smallest absolute Gasteiger partial charge is 0.393 e. The summed E-state index contributed by atoms with van der Waals surface area (Å²) in [5.74, 6) is 3.10. The second-order valence-corrected chi connectivity index (χ2v) is 16.8. The Labute approximate surface area is 253 Å². The van der Waals surface area contributed by atoms with Crippen molar-refractivity contribution in [3.8, 4) is 0 Å². The minimum absolute atomic E-state index is 0.195. The number of fused-ring (bicyclic) bond motifs is 5. The van der Waals surface area contributed by atoms with E-state index in [0.717, 1.165) is 37.7 Å². The summed E-state index contributed by atoms with van der Waals surface area (Å²) in [5.41, 5.74) is 1.36. The molecule has 6 rings (SSSR count). The first kappa shape index (κ1) is 31.2. The van der Waals surface area contributed by atoms with Gasteiger partial charge in [0.2, 0.25) is 0 Å². The fourth-order valence-electron chi connectivity index (χ4n) is 11.1. The first-order valence-corrected chi connectivity index (χ1v) is 18.3. The lowest BCUT2D eigenvalue weighted by Crippen LogP contribution is -2.62. The van der Waals surface area contributed by atoms with Crippen LogP contribution in [0.25, 0.3) is 0 Å². The predicted octanol–water partition coefficient (Wildman–Crippen LogP) is 7.73. The largest absolute Gasteiger partial charge is 0.475 e. The highest BCUT2D eigenvalue weighted by Gasteiger charge is 2.64. The molecule has 1 aromatic rings. The second-order valence-electron chi connectivity index (χ2n) is 15.2. The maximum absolute atomic E-state index is 13.5. The minimum Gasteiger partial charge on any atom is -0.393 e. The molecule has 236 valence electrons. The summed E-state index contributed by atoms with van der Waals surface area (Å²) in [6.07, 6.45) is 12.5. The predicted molar refractivity (Wildman–Crippen MR) is 162 cm³/mol. The van der Waals surface area contributed by atoms with Crippen LogP contribution in [0, 0.1) is 52.3 Å². The first-order valence-electron chi connectivity index (χ1n) is 16.9. The number of aliphatic hydroxyl groups is 2. The van der Waals surface area contributed by atoms with Gasteiger partial charge >= 0.3 is 7.82 Å². The molecule has 8 heteroatoms. The molecular formula is C34H54NO6P. The molecule has 42 heavy (non-hydrogen) atoms. The molecule has 4 saturated carbocycles. The lowest BCUT2D eigenvalue weighted by atomic mass is 9.41. The molecule has 0 aromatic carbocycles. The topological polar surface area (TPSA) is 98.1 Å². The molecular weight excluding hydrogens is 549 g/mol. The fourth-order valence-corrected chi connectivity index (χ4v) is 12.7. The number of phosphoric ester groups is 1. The van der Waals surface area contributed by atoms with Gasteiger partial charge in [-0.2, -0.15) is 0 Å². The average molecular weight is 604 g/mol. The van der Waals surface area contributed by atoms with E-state index in [2.05, 4.69) is 32.7 Å². The van der Waals surface area contributed by atoms with Crippen molar-refractivity contribution in [2.45, 2.75) is 123 Å². The van der Waals surface area contributed by atoms with Crippen molar-refractivity contribution >= 4 is 7.82 Å². The van der Waals surface area contributed by atoms with Gasteiger partial charge in [-0.15, -0.1) is 0 Å². The molecule has 2 heterocycles. The number of phosphoric acid groups is 1. The van der Waals surface area contributed by atoms with E-state index in [1.807, 2.05) is 19.1 Å². The van der Waals surface area contributed by atoms with Gasteiger partial charge in [0.05, 0.1) is 31.0 Å². The summed E-state index contributed by atoms with van der Waals surface area (Å²) in [5, 5.41) is 22.5. The Bertz CT molecular complexity index is 1140. The summed E-state index contributed by atoms with van der Waals surface area (Å²) in [7, 11) is -3.66. The molecule has 7 nitrogen and oxygen atoms in total. The van der Waals surface area contributed by atoms with Gasteiger partial charge in [0.25, 0.3) is 0 Å². The SMILES string of the molecule is CC[C@@H]1C2C[C@H](O)CC[C@]2(C)C2CC[C@@]3(C)C(CC[C@@H]3[C@H](C)CCO[P@]3(=O)OC(C)C[C@H](c4ccncc4)O3)C2[C@@H]1O. The zero-order chi connectivity index (χ0) is 29.9. The van der Waals surface area contributed by atoms with Crippen LogP contribution < -0.4 is 0 Å². The molecule has 0 spiro atoms. The number of hydrogen-bond donors (Lipinski definition) is 2. The van der Waals surface area contributed by atoms with Crippen LogP contribution >= 0.6 is 7.82 Å². The number of aromatic nitrogens is 1. The van der Waals surface area contributed by atoms with Crippen LogP contribution in [0.4, 0.5) is 0 Å². The van der Waals surface area contributed by atoms with Gasteiger partial charge in [-0.3, -0.25) is 18.6 Å². The molecule has 2 N–H and O–H groups in total. The Kier molecular flexibility index (Phi) is 8.79. The second kappa shape index (κ2) is 11.8.